The zero-order valence-corrected chi connectivity index (χ0v) is 38.2. The van der Waals surface area contributed by atoms with Crippen LogP contribution in [0, 0.1) is 37.0 Å². The van der Waals surface area contributed by atoms with Gasteiger partial charge in [0.25, 0.3) is 0 Å². The van der Waals surface area contributed by atoms with Crippen LogP contribution in [0.15, 0.2) is 18.2 Å². The van der Waals surface area contributed by atoms with Gasteiger partial charge in [-0.1, -0.05) is 32.9 Å². The molecule has 0 radical (unpaired) electrons. The molecule has 1 aromatic carbocycles. The van der Waals surface area contributed by atoms with Crippen molar-refractivity contribution in [2.45, 2.75) is 170 Å². The van der Waals surface area contributed by atoms with Crippen molar-refractivity contribution in [2.75, 3.05) is 40.9 Å². The third kappa shape index (κ3) is 14.8. The smallest absolute Gasteiger partial charge is 0.316 e. The SMILES string of the molecule is CC[C@@H](OC(=O)[C@H](C)C(=O)[C@H](C)[C@@H](O[C@@H]1O[C@H](C)C[C@H](N(C)C)[C@H]1OC(=O)C(C)(C)CCCOc1cc(C)ccc1C)[C@](C)(O)C[C@@H](C)CN(C)[C@H](C)CO)C(C)O. The molecule has 1 aromatic rings. The topological polar surface area (TPSA) is 165 Å². The summed E-state index contributed by atoms with van der Waals surface area (Å²) in [5.74, 6) is -3.31. The number of hydrogen-bond acceptors (Lipinski definition) is 13. The molecule has 0 aromatic heterocycles. The number of likely N-dealkylation sites (N-methyl/N-ethyl adjacent to an activating group) is 2. The van der Waals surface area contributed by atoms with E-state index in [9.17, 15) is 29.7 Å². The summed E-state index contributed by atoms with van der Waals surface area (Å²) in [5, 5.41) is 32.2. The molecule has 1 heterocycles. The average molecular weight is 823 g/mol. The summed E-state index contributed by atoms with van der Waals surface area (Å²) < 4.78 is 31.1. The highest BCUT2D eigenvalue weighted by molar-refractivity contribution is 6.00. The first-order chi connectivity index (χ1) is 26.9. The summed E-state index contributed by atoms with van der Waals surface area (Å²) in [7, 11) is 5.69. The van der Waals surface area contributed by atoms with Crippen LogP contribution in [0.5, 0.6) is 5.75 Å². The monoisotopic (exact) mass is 823 g/mol. The lowest BCUT2D eigenvalue weighted by atomic mass is 9.78. The second-order valence-electron chi connectivity index (χ2n) is 18.3. The Labute approximate surface area is 349 Å². The highest BCUT2D eigenvalue weighted by Gasteiger charge is 2.50. The Balaban J connectivity index is 2.45. The van der Waals surface area contributed by atoms with Crippen molar-refractivity contribution in [3.05, 3.63) is 29.3 Å². The van der Waals surface area contributed by atoms with Crippen LogP contribution in [-0.2, 0) is 33.3 Å². The van der Waals surface area contributed by atoms with E-state index in [1.165, 1.54) is 13.8 Å². The summed E-state index contributed by atoms with van der Waals surface area (Å²) in [5.41, 5.74) is -0.393. The van der Waals surface area contributed by atoms with Gasteiger partial charge in [0.15, 0.2) is 18.2 Å². The molecule has 12 atom stereocenters. The van der Waals surface area contributed by atoms with E-state index in [1.54, 1.807) is 20.8 Å². The summed E-state index contributed by atoms with van der Waals surface area (Å²) >= 11 is 0. The predicted octanol–water partition coefficient (Wildman–Crippen LogP) is 5.48. The van der Waals surface area contributed by atoms with E-state index in [2.05, 4.69) is 0 Å². The lowest BCUT2D eigenvalue weighted by molar-refractivity contribution is -0.297. The average Bonchev–Trinajstić information content (AvgIpc) is 3.14. The minimum atomic E-state index is -1.64. The van der Waals surface area contributed by atoms with Crippen LogP contribution in [0.4, 0.5) is 0 Å². The molecular formula is C45H78N2O11. The highest BCUT2D eigenvalue weighted by Crippen LogP contribution is 2.37. The first-order valence-electron chi connectivity index (χ1n) is 21.2. The molecule has 1 saturated heterocycles. The summed E-state index contributed by atoms with van der Waals surface area (Å²) in [6.07, 6.45) is -3.17. The van der Waals surface area contributed by atoms with Crippen LogP contribution in [0.2, 0.25) is 0 Å². The molecule has 3 N–H and O–H groups in total. The Morgan fingerprint density at radius 1 is 1.03 bits per heavy atom. The number of aryl methyl sites for hydroxylation is 2. The molecule has 13 nitrogen and oxygen atoms in total. The van der Waals surface area contributed by atoms with Crippen LogP contribution in [-0.4, -0.2) is 138 Å². The van der Waals surface area contributed by atoms with Gasteiger partial charge in [-0.15, -0.1) is 0 Å². The maximum Gasteiger partial charge on any atom is 0.316 e. The summed E-state index contributed by atoms with van der Waals surface area (Å²) in [6, 6.07) is 5.63. The number of ketones is 1. The van der Waals surface area contributed by atoms with E-state index in [-0.39, 0.29) is 37.1 Å². The van der Waals surface area contributed by atoms with Crippen molar-refractivity contribution in [2.24, 2.45) is 23.2 Å². The number of nitrogens with zero attached hydrogens (tertiary/aromatic N) is 2. The van der Waals surface area contributed by atoms with Gasteiger partial charge >= 0.3 is 11.9 Å². The molecule has 0 amide bonds. The van der Waals surface area contributed by atoms with Crippen LogP contribution in [0.3, 0.4) is 0 Å². The zero-order chi connectivity index (χ0) is 44.3. The molecule has 1 fully saturated rings. The summed E-state index contributed by atoms with van der Waals surface area (Å²) in [4.78, 5) is 45.5. The molecule has 2 rings (SSSR count). The van der Waals surface area contributed by atoms with Crippen LogP contribution < -0.4 is 4.74 Å². The van der Waals surface area contributed by atoms with Crippen LogP contribution in [0.25, 0.3) is 0 Å². The van der Waals surface area contributed by atoms with E-state index in [0.717, 1.165) is 16.9 Å². The minimum absolute atomic E-state index is 0.0269. The fourth-order valence-electron chi connectivity index (χ4n) is 7.79. The first kappa shape index (κ1) is 51.5. The third-order valence-electron chi connectivity index (χ3n) is 11.8. The number of aliphatic hydroxyl groups excluding tert-OH is 2. The Morgan fingerprint density at radius 2 is 1.67 bits per heavy atom. The van der Waals surface area contributed by atoms with Crippen molar-refractivity contribution in [3.63, 3.8) is 0 Å². The van der Waals surface area contributed by atoms with Gasteiger partial charge < -0.3 is 48.8 Å². The van der Waals surface area contributed by atoms with Crippen molar-refractivity contribution in [1.29, 1.82) is 0 Å². The molecule has 1 aliphatic heterocycles. The molecule has 0 aliphatic carbocycles. The van der Waals surface area contributed by atoms with E-state index in [0.29, 0.717) is 38.8 Å². The van der Waals surface area contributed by atoms with Gasteiger partial charge in [0, 0.05) is 18.5 Å². The third-order valence-corrected chi connectivity index (χ3v) is 11.8. The quantitative estimate of drug-likeness (QED) is 0.0683. The lowest BCUT2D eigenvalue weighted by Gasteiger charge is -2.47. The number of hydrogen-bond donors (Lipinski definition) is 3. The Hall–Kier alpha value is -2.65. The molecule has 58 heavy (non-hydrogen) atoms. The molecule has 0 spiro atoms. The van der Waals surface area contributed by atoms with Crippen LogP contribution in [0.1, 0.15) is 112 Å². The standard InChI is InChI=1S/C45H78N2O11/c1-16-36(34(9)49)56-41(51)33(8)38(50)32(7)40(45(12,53)24-28(3)25-47(15)30(5)26-48)58-42-39(35(46(13)14)23-31(6)55-42)57-43(52)44(10,11)20-17-21-54-37-22-27(2)18-19-29(37)4/h18-19,22,28,30-36,39-40,42,48-49,53H,16-17,20-21,23-26H2,1-15H3/t28-,30-,31-,32+,33-,34?,35+,36-,39-,40-,42+,45-/m1/s1. The first-order valence-corrected chi connectivity index (χ1v) is 21.2. The van der Waals surface area contributed by atoms with E-state index >= 15 is 0 Å². The van der Waals surface area contributed by atoms with Gasteiger partial charge in [0.05, 0.1) is 48.6 Å². The molecule has 1 aliphatic rings. The number of rotatable bonds is 24. The fourth-order valence-corrected chi connectivity index (χ4v) is 7.79. The predicted molar refractivity (Wildman–Crippen MR) is 224 cm³/mol. The van der Waals surface area contributed by atoms with Crippen molar-refractivity contribution >= 4 is 17.7 Å². The van der Waals surface area contributed by atoms with Crippen molar-refractivity contribution < 1.29 is 53.4 Å². The van der Waals surface area contributed by atoms with Crippen molar-refractivity contribution in [3.8, 4) is 5.75 Å². The molecule has 1 unspecified atom stereocenters. The molecule has 13 heteroatoms. The number of carbonyl (C=O) groups is 3. The molecule has 0 bridgehead atoms. The largest absolute Gasteiger partial charge is 0.493 e. The fraction of sp³-hybridized carbons (Fsp3) is 0.800. The summed E-state index contributed by atoms with van der Waals surface area (Å²) in [6.45, 7) is 22.4. The highest BCUT2D eigenvalue weighted by atomic mass is 16.7. The van der Waals surface area contributed by atoms with Gasteiger partial charge in [-0.25, -0.2) is 0 Å². The normalized spacial score (nSPS) is 23.6. The van der Waals surface area contributed by atoms with Crippen molar-refractivity contribution in [1.82, 2.24) is 9.80 Å². The number of benzene rings is 1. The Bertz CT molecular complexity index is 1450. The zero-order valence-electron chi connectivity index (χ0n) is 38.2. The van der Waals surface area contributed by atoms with E-state index in [4.69, 9.17) is 23.7 Å². The van der Waals surface area contributed by atoms with E-state index < -0.39 is 71.3 Å². The number of esters is 2. The maximum absolute atomic E-state index is 14.2. The number of carbonyl (C=O) groups excluding carboxylic acids is 3. The molecule has 0 saturated carbocycles. The molecule has 334 valence electrons. The minimum Gasteiger partial charge on any atom is -0.493 e. The van der Waals surface area contributed by atoms with Crippen LogP contribution >= 0.6 is 0 Å². The second kappa shape index (κ2) is 22.8. The van der Waals surface area contributed by atoms with Gasteiger partial charge in [-0.3, -0.25) is 14.4 Å². The Kier molecular flexibility index (Phi) is 20.3. The lowest BCUT2D eigenvalue weighted by Crippen LogP contribution is -2.60. The number of aliphatic hydroxyl groups is 3. The van der Waals surface area contributed by atoms with Gasteiger partial charge in [0.2, 0.25) is 0 Å². The molecular weight excluding hydrogens is 744 g/mol. The van der Waals surface area contributed by atoms with E-state index in [1.807, 2.05) is 97.6 Å². The van der Waals surface area contributed by atoms with Gasteiger partial charge in [-0.2, -0.15) is 0 Å². The number of ether oxygens (including phenoxy) is 5. The van der Waals surface area contributed by atoms with Gasteiger partial charge in [0.1, 0.15) is 17.8 Å². The maximum atomic E-state index is 14.2. The second-order valence-corrected chi connectivity index (χ2v) is 18.3. The Morgan fingerprint density at radius 3 is 2.24 bits per heavy atom. The number of Topliss-reactive ketones (excluding diaryl/α,β-unsaturated/α-hetero) is 1. The van der Waals surface area contributed by atoms with Gasteiger partial charge in [-0.05, 0) is 139 Å².